The Balaban J connectivity index is 1.63. The number of hydrogen-bond donors (Lipinski definition) is 2. The third-order valence-corrected chi connectivity index (χ3v) is 6.29. The van der Waals surface area contributed by atoms with E-state index >= 15 is 0 Å². The first-order valence-corrected chi connectivity index (χ1v) is 10.3. The summed E-state index contributed by atoms with van der Waals surface area (Å²) in [6.45, 7) is 5.60. The molecule has 1 aromatic carbocycles. The molecule has 5 nitrogen and oxygen atoms in total. The van der Waals surface area contributed by atoms with Gasteiger partial charge in [0.05, 0.1) is 7.11 Å². The molecule has 0 bridgehead atoms. The molecule has 3 rings (SSSR count). The van der Waals surface area contributed by atoms with Crippen molar-refractivity contribution in [1.29, 1.82) is 0 Å². The standard InChI is InChI=1S/C22H35N3O2/c1-4-23-20(24-16-21(10-7-11-21)14-15-26-2)25-17-22(12-13-22)18-8-5-6-9-19(18)27-3/h5-6,8-9H,4,7,10-17H2,1-3H3,(H2,23,24,25). The van der Waals surface area contributed by atoms with E-state index in [0.717, 1.165) is 44.4 Å². The topological polar surface area (TPSA) is 54.9 Å². The van der Waals surface area contributed by atoms with Crippen LogP contribution in [0.4, 0.5) is 0 Å². The average molecular weight is 374 g/mol. The number of hydrogen-bond acceptors (Lipinski definition) is 3. The lowest BCUT2D eigenvalue weighted by Crippen LogP contribution is -2.43. The maximum absolute atomic E-state index is 5.59. The number of rotatable bonds is 10. The molecule has 2 aliphatic rings. The van der Waals surface area contributed by atoms with Gasteiger partial charge >= 0.3 is 0 Å². The van der Waals surface area contributed by atoms with E-state index in [9.17, 15) is 0 Å². The highest BCUT2D eigenvalue weighted by atomic mass is 16.5. The summed E-state index contributed by atoms with van der Waals surface area (Å²) >= 11 is 0. The molecular formula is C22H35N3O2. The fourth-order valence-electron chi connectivity index (χ4n) is 4.10. The van der Waals surface area contributed by atoms with Crippen LogP contribution in [0.2, 0.25) is 0 Å². The lowest BCUT2D eigenvalue weighted by atomic mass is 9.67. The van der Waals surface area contributed by atoms with E-state index in [2.05, 4.69) is 35.8 Å². The third kappa shape index (κ3) is 4.75. The molecule has 27 heavy (non-hydrogen) atoms. The maximum Gasteiger partial charge on any atom is 0.191 e. The number of nitrogens with zero attached hydrogens (tertiary/aromatic N) is 1. The quantitative estimate of drug-likeness (QED) is 0.487. The zero-order chi connectivity index (χ0) is 19.2. The predicted octanol–water partition coefficient (Wildman–Crippen LogP) is 3.49. The van der Waals surface area contributed by atoms with Crippen molar-refractivity contribution in [3.05, 3.63) is 29.8 Å². The zero-order valence-corrected chi connectivity index (χ0v) is 17.1. The third-order valence-electron chi connectivity index (χ3n) is 6.29. The molecule has 0 atom stereocenters. The lowest BCUT2D eigenvalue weighted by molar-refractivity contribution is 0.0778. The fraction of sp³-hybridized carbons (Fsp3) is 0.682. The van der Waals surface area contributed by atoms with Crippen LogP contribution in [0.15, 0.2) is 29.3 Å². The minimum Gasteiger partial charge on any atom is -0.496 e. The van der Waals surface area contributed by atoms with Crippen molar-refractivity contribution >= 4 is 5.96 Å². The van der Waals surface area contributed by atoms with E-state index in [0.29, 0.717) is 5.41 Å². The first kappa shape index (κ1) is 20.0. The monoisotopic (exact) mass is 373 g/mol. The molecule has 0 aromatic heterocycles. The van der Waals surface area contributed by atoms with Gasteiger partial charge < -0.3 is 20.1 Å². The van der Waals surface area contributed by atoms with E-state index < -0.39 is 0 Å². The Morgan fingerprint density at radius 3 is 2.48 bits per heavy atom. The molecular weight excluding hydrogens is 338 g/mol. The molecule has 0 aliphatic heterocycles. The smallest absolute Gasteiger partial charge is 0.191 e. The summed E-state index contributed by atoms with van der Waals surface area (Å²) in [5.74, 6) is 1.93. The lowest BCUT2D eigenvalue weighted by Gasteiger charge is -2.40. The van der Waals surface area contributed by atoms with Crippen molar-refractivity contribution in [2.75, 3.05) is 40.5 Å². The zero-order valence-electron chi connectivity index (χ0n) is 17.1. The molecule has 0 spiro atoms. The normalized spacial score (nSPS) is 19.9. The largest absolute Gasteiger partial charge is 0.496 e. The van der Waals surface area contributed by atoms with Gasteiger partial charge in [-0.25, -0.2) is 0 Å². The van der Waals surface area contributed by atoms with Gasteiger partial charge in [0, 0.05) is 44.3 Å². The van der Waals surface area contributed by atoms with Gasteiger partial charge in [0.2, 0.25) is 0 Å². The van der Waals surface area contributed by atoms with E-state index in [1.54, 1.807) is 14.2 Å². The highest BCUT2D eigenvalue weighted by molar-refractivity contribution is 5.80. The molecule has 5 heteroatoms. The SMILES string of the molecule is CCNC(=NCC1(CCOC)CCC1)NCC1(c2ccccc2OC)CC1. The number of methoxy groups -OCH3 is 2. The van der Waals surface area contributed by atoms with E-state index in [-0.39, 0.29) is 5.41 Å². The van der Waals surface area contributed by atoms with Crippen molar-refractivity contribution in [3.8, 4) is 5.75 Å². The van der Waals surface area contributed by atoms with Crippen molar-refractivity contribution in [3.63, 3.8) is 0 Å². The number of ether oxygens (including phenoxy) is 2. The van der Waals surface area contributed by atoms with Crippen LogP contribution in [0.3, 0.4) is 0 Å². The summed E-state index contributed by atoms with van der Waals surface area (Å²) in [6, 6.07) is 8.40. The Bertz CT molecular complexity index is 636. The van der Waals surface area contributed by atoms with Gasteiger partial charge in [-0.1, -0.05) is 24.6 Å². The maximum atomic E-state index is 5.59. The summed E-state index contributed by atoms with van der Waals surface area (Å²) in [4.78, 5) is 4.94. The number of para-hydroxylation sites is 1. The van der Waals surface area contributed by atoms with Crippen LogP contribution in [-0.4, -0.2) is 46.4 Å². The van der Waals surface area contributed by atoms with Crippen LogP contribution in [0.5, 0.6) is 5.75 Å². The van der Waals surface area contributed by atoms with Crippen LogP contribution in [0.1, 0.15) is 51.0 Å². The molecule has 2 aliphatic carbocycles. The van der Waals surface area contributed by atoms with E-state index in [1.165, 1.54) is 37.7 Å². The minimum atomic E-state index is 0.174. The first-order chi connectivity index (χ1) is 13.2. The van der Waals surface area contributed by atoms with E-state index in [4.69, 9.17) is 14.5 Å². The number of aliphatic imine (C=N–C) groups is 1. The van der Waals surface area contributed by atoms with Crippen molar-refractivity contribution in [2.45, 2.75) is 50.9 Å². The van der Waals surface area contributed by atoms with Crippen LogP contribution < -0.4 is 15.4 Å². The predicted molar refractivity (Wildman–Crippen MR) is 111 cm³/mol. The molecule has 2 N–H and O–H groups in total. The molecule has 2 fully saturated rings. The Hall–Kier alpha value is -1.75. The van der Waals surface area contributed by atoms with Gasteiger partial charge in [-0.15, -0.1) is 0 Å². The second kappa shape index (κ2) is 8.96. The molecule has 1 aromatic rings. The molecule has 0 unspecified atom stereocenters. The van der Waals surface area contributed by atoms with Crippen LogP contribution in [0.25, 0.3) is 0 Å². The fourth-order valence-corrected chi connectivity index (χ4v) is 4.10. The molecule has 0 heterocycles. The Kier molecular flexibility index (Phi) is 6.64. The Labute approximate surface area is 163 Å². The second-order valence-corrected chi connectivity index (χ2v) is 8.13. The molecule has 150 valence electrons. The highest BCUT2D eigenvalue weighted by Gasteiger charge is 2.46. The minimum absolute atomic E-state index is 0.174. The van der Waals surface area contributed by atoms with Gasteiger partial charge in [0.15, 0.2) is 5.96 Å². The molecule has 0 amide bonds. The van der Waals surface area contributed by atoms with Gasteiger partial charge in [0.1, 0.15) is 5.75 Å². The summed E-state index contributed by atoms with van der Waals surface area (Å²) < 4.78 is 10.9. The van der Waals surface area contributed by atoms with Crippen LogP contribution in [0, 0.1) is 5.41 Å². The average Bonchev–Trinajstić information content (AvgIpc) is 3.46. The Morgan fingerprint density at radius 2 is 1.89 bits per heavy atom. The second-order valence-electron chi connectivity index (χ2n) is 8.13. The summed E-state index contributed by atoms with van der Waals surface area (Å²) in [5, 5.41) is 7.02. The molecule has 0 radical (unpaired) electrons. The molecule has 2 saturated carbocycles. The summed E-state index contributed by atoms with van der Waals surface area (Å²) in [7, 11) is 3.54. The van der Waals surface area contributed by atoms with Gasteiger partial charge in [-0.05, 0) is 50.5 Å². The van der Waals surface area contributed by atoms with E-state index in [1.807, 2.05) is 6.07 Å². The van der Waals surface area contributed by atoms with Crippen LogP contribution >= 0.6 is 0 Å². The van der Waals surface area contributed by atoms with Gasteiger partial charge in [-0.3, -0.25) is 4.99 Å². The first-order valence-electron chi connectivity index (χ1n) is 10.3. The highest BCUT2D eigenvalue weighted by Crippen LogP contribution is 2.50. The number of benzene rings is 1. The van der Waals surface area contributed by atoms with Crippen LogP contribution in [-0.2, 0) is 10.2 Å². The number of nitrogens with one attached hydrogen (secondary N) is 2. The van der Waals surface area contributed by atoms with Gasteiger partial charge in [0.25, 0.3) is 0 Å². The number of guanidine groups is 1. The molecule has 0 saturated heterocycles. The van der Waals surface area contributed by atoms with Gasteiger partial charge in [-0.2, -0.15) is 0 Å². The van der Waals surface area contributed by atoms with Crippen molar-refractivity contribution in [1.82, 2.24) is 10.6 Å². The summed E-state index contributed by atoms with van der Waals surface area (Å²) in [5.41, 5.74) is 1.83. The Morgan fingerprint density at radius 1 is 1.11 bits per heavy atom. The summed E-state index contributed by atoms with van der Waals surface area (Å²) in [6.07, 6.45) is 7.35. The van der Waals surface area contributed by atoms with Crippen molar-refractivity contribution < 1.29 is 9.47 Å². The van der Waals surface area contributed by atoms with Crippen molar-refractivity contribution in [2.24, 2.45) is 10.4 Å².